The first kappa shape index (κ1) is 8.35. The second-order valence-corrected chi connectivity index (χ2v) is 3.26. The molecule has 0 radical (unpaired) electrons. The number of aromatic nitrogens is 2. The molecule has 0 aromatic carbocycles. The maximum Gasteiger partial charge on any atom is 0.350 e. The van der Waals surface area contributed by atoms with Gasteiger partial charge < -0.3 is 4.74 Å². The van der Waals surface area contributed by atoms with E-state index in [0.29, 0.717) is 15.8 Å². The highest BCUT2D eigenvalue weighted by molar-refractivity contribution is 7.73. The summed E-state index contributed by atoms with van der Waals surface area (Å²) in [6.45, 7) is 2.31. The SMILES string of the molecule is CCOc1nc(=O)[nH]c(=S)s1. The van der Waals surface area contributed by atoms with Crippen LogP contribution in [-0.2, 0) is 0 Å². The molecule has 0 unspecified atom stereocenters. The molecule has 6 heteroatoms. The fraction of sp³-hybridized carbons (Fsp3) is 0.400. The van der Waals surface area contributed by atoms with Gasteiger partial charge in [-0.1, -0.05) is 0 Å². The number of H-pyrrole nitrogens is 1. The number of nitrogens with one attached hydrogen (secondary N) is 1. The van der Waals surface area contributed by atoms with Crippen molar-refractivity contribution in [3.8, 4) is 5.19 Å². The molecule has 1 rings (SSSR count). The average molecular weight is 190 g/mol. The summed E-state index contributed by atoms with van der Waals surface area (Å²) in [6.07, 6.45) is 0. The van der Waals surface area contributed by atoms with E-state index < -0.39 is 5.69 Å². The maximum atomic E-state index is 10.7. The highest BCUT2D eigenvalue weighted by Crippen LogP contribution is 2.10. The topological polar surface area (TPSA) is 55.0 Å². The Balaban J connectivity index is 3.09. The third-order valence-corrected chi connectivity index (χ3v) is 1.87. The second-order valence-electron chi connectivity index (χ2n) is 1.63. The smallest absolute Gasteiger partial charge is 0.350 e. The molecule has 0 aliphatic heterocycles. The molecule has 0 saturated carbocycles. The van der Waals surface area contributed by atoms with Gasteiger partial charge in [0, 0.05) is 0 Å². The third kappa shape index (κ3) is 2.39. The summed E-state index contributed by atoms with van der Waals surface area (Å²) >= 11 is 5.89. The van der Waals surface area contributed by atoms with Crippen molar-refractivity contribution < 1.29 is 4.74 Å². The summed E-state index contributed by atoms with van der Waals surface area (Å²) in [7, 11) is 0. The van der Waals surface area contributed by atoms with E-state index in [1.54, 1.807) is 0 Å². The Bertz CT molecular complexity index is 315. The molecule has 0 amide bonds. The molecule has 4 nitrogen and oxygen atoms in total. The second kappa shape index (κ2) is 3.59. The minimum atomic E-state index is -0.461. The van der Waals surface area contributed by atoms with Gasteiger partial charge >= 0.3 is 5.69 Å². The standard InChI is InChI=1S/C5H6N2O2S2/c1-2-9-4-6-3(8)7-5(10)11-4/h2H2,1H3,(H,7,8,10). The van der Waals surface area contributed by atoms with Gasteiger partial charge in [0.25, 0.3) is 5.19 Å². The average Bonchev–Trinajstić information content (AvgIpc) is 1.85. The molecular weight excluding hydrogens is 184 g/mol. The highest BCUT2D eigenvalue weighted by Gasteiger charge is 1.95. The first-order valence-corrected chi connectivity index (χ1v) is 4.19. The van der Waals surface area contributed by atoms with E-state index in [9.17, 15) is 4.79 Å². The third-order valence-electron chi connectivity index (χ3n) is 0.850. The lowest BCUT2D eigenvalue weighted by Crippen LogP contribution is -2.10. The molecule has 0 spiro atoms. The summed E-state index contributed by atoms with van der Waals surface area (Å²) in [5.41, 5.74) is -0.461. The van der Waals surface area contributed by atoms with Crippen molar-refractivity contribution in [2.45, 2.75) is 6.92 Å². The lowest BCUT2D eigenvalue weighted by atomic mass is 10.9. The van der Waals surface area contributed by atoms with Crippen molar-refractivity contribution in [2.24, 2.45) is 0 Å². The van der Waals surface area contributed by atoms with Crippen LogP contribution in [0.5, 0.6) is 5.19 Å². The lowest BCUT2D eigenvalue weighted by Gasteiger charge is -1.96. The highest BCUT2D eigenvalue weighted by atomic mass is 32.1. The van der Waals surface area contributed by atoms with Gasteiger partial charge in [0.15, 0.2) is 3.95 Å². The van der Waals surface area contributed by atoms with Crippen LogP contribution in [-0.4, -0.2) is 16.6 Å². The Morgan fingerprint density at radius 1 is 1.82 bits per heavy atom. The van der Waals surface area contributed by atoms with Gasteiger partial charge in [-0.25, -0.2) is 4.79 Å². The van der Waals surface area contributed by atoms with Crippen LogP contribution < -0.4 is 10.4 Å². The molecule has 1 aromatic heterocycles. The van der Waals surface area contributed by atoms with Crippen molar-refractivity contribution in [3.63, 3.8) is 0 Å². The minimum Gasteiger partial charge on any atom is -0.470 e. The zero-order valence-electron chi connectivity index (χ0n) is 5.79. The Kier molecular flexibility index (Phi) is 2.72. The van der Waals surface area contributed by atoms with Gasteiger partial charge in [-0.05, 0) is 30.5 Å². The zero-order valence-corrected chi connectivity index (χ0v) is 7.42. The number of hydrogen-bond acceptors (Lipinski definition) is 5. The number of nitrogens with zero attached hydrogens (tertiary/aromatic N) is 1. The summed E-state index contributed by atoms with van der Waals surface area (Å²) in [4.78, 5) is 16.6. The van der Waals surface area contributed by atoms with Gasteiger partial charge in [-0.3, -0.25) is 4.98 Å². The molecular formula is C5H6N2O2S2. The van der Waals surface area contributed by atoms with E-state index in [0.717, 1.165) is 11.3 Å². The number of rotatable bonds is 2. The van der Waals surface area contributed by atoms with E-state index in [-0.39, 0.29) is 0 Å². The lowest BCUT2D eigenvalue weighted by molar-refractivity contribution is 0.336. The minimum absolute atomic E-state index is 0.321. The zero-order chi connectivity index (χ0) is 8.27. The fourth-order valence-electron chi connectivity index (χ4n) is 0.511. The maximum absolute atomic E-state index is 10.7. The predicted molar refractivity (Wildman–Crippen MR) is 44.7 cm³/mol. The van der Waals surface area contributed by atoms with Crippen LogP contribution in [0.2, 0.25) is 0 Å². The molecule has 1 heterocycles. The normalized spacial score (nSPS) is 9.55. The summed E-state index contributed by atoms with van der Waals surface area (Å²) in [5.74, 6) is 0. The van der Waals surface area contributed by atoms with Crippen molar-refractivity contribution in [1.82, 2.24) is 9.97 Å². The molecule has 60 valence electrons. The molecule has 1 N–H and O–H groups in total. The quantitative estimate of drug-likeness (QED) is 0.706. The largest absolute Gasteiger partial charge is 0.470 e. The van der Waals surface area contributed by atoms with E-state index in [4.69, 9.17) is 17.0 Å². The van der Waals surface area contributed by atoms with E-state index >= 15 is 0 Å². The molecule has 0 aliphatic rings. The Hall–Kier alpha value is -0.750. The van der Waals surface area contributed by atoms with Gasteiger partial charge in [-0.2, -0.15) is 0 Å². The van der Waals surface area contributed by atoms with Crippen LogP contribution in [0.1, 0.15) is 6.92 Å². The predicted octanol–water partition coefficient (Wildman–Crippen LogP) is 0.960. The van der Waals surface area contributed by atoms with Crippen LogP contribution in [0.3, 0.4) is 0 Å². The van der Waals surface area contributed by atoms with E-state index in [2.05, 4.69) is 9.97 Å². The molecule has 1 aromatic rings. The molecule has 0 aliphatic carbocycles. The van der Waals surface area contributed by atoms with E-state index in [1.165, 1.54) is 0 Å². The van der Waals surface area contributed by atoms with Gasteiger partial charge in [0.2, 0.25) is 0 Å². The first-order valence-electron chi connectivity index (χ1n) is 2.96. The Morgan fingerprint density at radius 2 is 2.55 bits per heavy atom. The van der Waals surface area contributed by atoms with Crippen molar-refractivity contribution in [1.29, 1.82) is 0 Å². The Labute approximate surface area is 71.9 Å². The summed E-state index contributed by atoms with van der Waals surface area (Å²) in [6, 6.07) is 0. The molecule has 0 saturated heterocycles. The first-order chi connectivity index (χ1) is 5.22. The van der Waals surface area contributed by atoms with Gasteiger partial charge in [0.05, 0.1) is 6.61 Å². The van der Waals surface area contributed by atoms with Gasteiger partial charge in [-0.15, -0.1) is 4.98 Å². The van der Waals surface area contributed by atoms with Gasteiger partial charge in [0.1, 0.15) is 0 Å². The fourth-order valence-corrected chi connectivity index (χ4v) is 1.41. The number of hydrogen-bond donors (Lipinski definition) is 1. The van der Waals surface area contributed by atoms with Crippen molar-refractivity contribution in [2.75, 3.05) is 6.61 Å². The number of ether oxygens (including phenoxy) is 1. The van der Waals surface area contributed by atoms with Crippen LogP contribution in [0.25, 0.3) is 0 Å². The molecule has 0 bridgehead atoms. The van der Waals surface area contributed by atoms with E-state index in [1.807, 2.05) is 6.92 Å². The Morgan fingerprint density at radius 3 is 3.09 bits per heavy atom. The molecule has 11 heavy (non-hydrogen) atoms. The number of aromatic amines is 1. The van der Waals surface area contributed by atoms with Crippen LogP contribution in [0, 0.1) is 3.95 Å². The summed E-state index contributed by atoms with van der Waals surface area (Å²) in [5, 5.41) is 0.321. The van der Waals surface area contributed by atoms with Crippen LogP contribution in [0.4, 0.5) is 0 Å². The van der Waals surface area contributed by atoms with Crippen molar-refractivity contribution in [3.05, 3.63) is 14.4 Å². The van der Waals surface area contributed by atoms with Crippen molar-refractivity contribution >= 4 is 23.6 Å². The molecule has 0 atom stereocenters. The molecule has 0 fully saturated rings. The summed E-state index contributed by atoms with van der Waals surface area (Å²) < 4.78 is 5.37. The monoisotopic (exact) mass is 190 g/mol. The van der Waals surface area contributed by atoms with Crippen LogP contribution >= 0.6 is 23.6 Å². The van der Waals surface area contributed by atoms with Crippen LogP contribution in [0.15, 0.2) is 4.79 Å².